The second-order valence-electron chi connectivity index (χ2n) is 4.83. The van der Waals surface area contributed by atoms with E-state index in [4.69, 9.17) is 5.11 Å². The summed E-state index contributed by atoms with van der Waals surface area (Å²) in [6.45, 7) is 5.07. The molecule has 0 unspecified atom stereocenters. The molecular weight excluding hydrogens is 230 g/mol. The summed E-state index contributed by atoms with van der Waals surface area (Å²) < 4.78 is 1.88. The summed E-state index contributed by atoms with van der Waals surface area (Å²) in [5.41, 5.74) is 1.64. The number of aromatic nitrogens is 3. The Morgan fingerprint density at radius 2 is 2.22 bits per heavy atom. The summed E-state index contributed by atoms with van der Waals surface area (Å²) in [6.07, 6.45) is 2.36. The van der Waals surface area contributed by atoms with Crippen LogP contribution in [0.3, 0.4) is 0 Å². The highest BCUT2D eigenvalue weighted by molar-refractivity contribution is 5.74. The van der Waals surface area contributed by atoms with E-state index in [2.05, 4.69) is 23.9 Å². The largest absolute Gasteiger partial charge is 0.481 e. The van der Waals surface area contributed by atoms with Crippen molar-refractivity contribution in [3.8, 4) is 0 Å². The summed E-state index contributed by atoms with van der Waals surface area (Å²) in [5.74, 6) is -0.301. The van der Waals surface area contributed by atoms with Crippen molar-refractivity contribution in [2.45, 2.75) is 33.2 Å². The average molecular weight is 247 g/mol. The summed E-state index contributed by atoms with van der Waals surface area (Å²) in [5, 5.41) is 14.0. The smallest absolute Gasteiger partial charge is 0.303 e. The van der Waals surface area contributed by atoms with Crippen LogP contribution in [0.2, 0.25) is 0 Å². The molecule has 1 N–H and O–H groups in total. The highest BCUT2D eigenvalue weighted by Crippen LogP contribution is 2.14. The van der Waals surface area contributed by atoms with Gasteiger partial charge in [0.2, 0.25) is 0 Å². The first-order valence-electron chi connectivity index (χ1n) is 6.09. The Labute approximate surface area is 105 Å². The fraction of sp³-hybridized carbons (Fsp3) is 0.462. The third kappa shape index (κ3) is 2.85. The number of aryl methyl sites for hydroxylation is 1. The summed E-state index contributed by atoms with van der Waals surface area (Å²) in [6, 6.07) is 3.82. The van der Waals surface area contributed by atoms with Gasteiger partial charge in [0.1, 0.15) is 0 Å². The molecule has 0 amide bonds. The molecule has 0 aliphatic carbocycles. The third-order valence-electron chi connectivity index (χ3n) is 2.68. The molecule has 0 spiro atoms. The molecule has 0 saturated heterocycles. The van der Waals surface area contributed by atoms with Gasteiger partial charge in [0.25, 0.3) is 0 Å². The number of fused-ring (bicyclic) bond motifs is 1. The van der Waals surface area contributed by atoms with Crippen molar-refractivity contribution in [3.63, 3.8) is 0 Å². The highest BCUT2D eigenvalue weighted by Gasteiger charge is 2.08. The maximum Gasteiger partial charge on any atom is 0.303 e. The van der Waals surface area contributed by atoms with E-state index in [-0.39, 0.29) is 6.42 Å². The van der Waals surface area contributed by atoms with E-state index in [0.717, 1.165) is 23.3 Å². The van der Waals surface area contributed by atoms with Crippen molar-refractivity contribution in [2.75, 3.05) is 0 Å². The molecule has 2 aromatic heterocycles. The van der Waals surface area contributed by atoms with Crippen molar-refractivity contribution in [3.05, 3.63) is 24.0 Å². The monoisotopic (exact) mass is 247 g/mol. The zero-order valence-corrected chi connectivity index (χ0v) is 10.6. The van der Waals surface area contributed by atoms with Gasteiger partial charge < -0.3 is 5.11 Å². The average Bonchev–Trinajstić information content (AvgIpc) is 2.68. The van der Waals surface area contributed by atoms with Gasteiger partial charge in [-0.15, -0.1) is 0 Å². The standard InChI is InChI=1S/C13H17N3O2/c1-9(2)8-16-13-10(7-14-16)3-4-11(15-13)5-6-12(17)18/h3-4,7,9H,5-6,8H2,1-2H3,(H,17,18). The Bertz CT molecular complexity index is 560. The zero-order valence-electron chi connectivity index (χ0n) is 10.6. The molecule has 0 aromatic carbocycles. The van der Waals surface area contributed by atoms with E-state index in [1.807, 2.05) is 16.8 Å². The lowest BCUT2D eigenvalue weighted by Crippen LogP contribution is -2.07. The number of aliphatic carboxylic acids is 1. The zero-order chi connectivity index (χ0) is 13.1. The van der Waals surface area contributed by atoms with Gasteiger partial charge in [0, 0.05) is 24.0 Å². The van der Waals surface area contributed by atoms with Crippen LogP contribution < -0.4 is 0 Å². The number of hydrogen-bond acceptors (Lipinski definition) is 3. The van der Waals surface area contributed by atoms with Gasteiger partial charge >= 0.3 is 5.97 Å². The van der Waals surface area contributed by atoms with Crippen molar-refractivity contribution < 1.29 is 9.90 Å². The summed E-state index contributed by atoms with van der Waals surface area (Å²) in [4.78, 5) is 15.1. The normalized spacial score (nSPS) is 11.3. The van der Waals surface area contributed by atoms with Crippen molar-refractivity contribution in [2.24, 2.45) is 5.92 Å². The molecule has 0 saturated carbocycles. The van der Waals surface area contributed by atoms with Crippen LogP contribution >= 0.6 is 0 Å². The molecule has 18 heavy (non-hydrogen) atoms. The number of carboxylic acid groups (broad SMARTS) is 1. The van der Waals surface area contributed by atoms with Crippen LogP contribution in [-0.2, 0) is 17.8 Å². The Morgan fingerprint density at radius 1 is 1.44 bits per heavy atom. The number of hydrogen-bond donors (Lipinski definition) is 1. The van der Waals surface area contributed by atoms with E-state index in [1.54, 1.807) is 6.20 Å². The van der Waals surface area contributed by atoms with Gasteiger partial charge in [0.15, 0.2) is 5.65 Å². The maximum atomic E-state index is 10.6. The lowest BCUT2D eigenvalue weighted by atomic mass is 10.2. The number of pyridine rings is 1. The Morgan fingerprint density at radius 3 is 2.89 bits per heavy atom. The number of nitrogens with zero attached hydrogens (tertiary/aromatic N) is 3. The van der Waals surface area contributed by atoms with Gasteiger partial charge in [-0.2, -0.15) is 5.10 Å². The van der Waals surface area contributed by atoms with Crippen molar-refractivity contribution in [1.29, 1.82) is 0 Å². The van der Waals surface area contributed by atoms with E-state index in [1.165, 1.54) is 0 Å². The molecule has 5 nitrogen and oxygen atoms in total. The Kier molecular flexibility index (Phi) is 3.60. The highest BCUT2D eigenvalue weighted by atomic mass is 16.4. The molecular formula is C13H17N3O2. The maximum absolute atomic E-state index is 10.6. The number of carboxylic acids is 1. The second-order valence-corrected chi connectivity index (χ2v) is 4.83. The third-order valence-corrected chi connectivity index (χ3v) is 2.68. The first-order valence-corrected chi connectivity index (χ1v) is 6.09. The molecule has 2 heterocycles. The van der Waals surface area contributed by atoms with Crippen LogP contribution in [-0.4, -0.2) is 25.8 Å². The van der Waals surface area contributed by atoms with Gasteiger partial charge in [-0.05, 0) is 18.1 Å². The minimum Gasteiger partial charge on any atom is -0.481 e. The van der Waals surface area contributed by atoms with Gasteiger partial charge in [-0.3, -0.25) is 4.79 Å². The quantitative estimate of drug-likeness (QED) is 0.878. The summed E-state index contributed by atoms with van der Waals surface area (Å²) >= 11 is 0. The van der Waals surface area contributed by atoms with E-state index >= 15 is 0 Å². The molecule has 96 valence electrons. The molecule has 0 aliphatic rings. The van der Waals surface area contributed by atoms with Crippen LogP contribution in [0.25, 0.3) is 11.0 Å². The molecule has 0 bridgehead atoms. The van der Waals surface area contributed by atoms with E-state index in [0.29, 0.717) is 12.3 Å². The fourth-order valence-electron chi connectivity index (χ4n) is 1.85. The molecule has 0 atom stereocenters. The van der Waals surface area contributed by atoms with Gasteiger partial charge in [-0.25, -0.2) is 9.67 Å². The molecule has 2 rings (SSSR count). The molecule has 5 heteroatoms. The minimum atomic E-state index is -0.799. The van der Waals surface area contributed by atoms with Crippen molar-refractivity contribution >= 4 is 17.0 Å². The first-order chi connectivity index (χ1) is 8.56. The molecule has 2 aromatic rings. The van der Waals surface area contributed by atoms with Gasteiger partial charge in [-0.1, -0.05) is 13.8 Å². The van der Waals surface area contributed by atoms with Crippen LogP contribution in [0.5, 0.6) is 0 Å². The first kappa shape index (κ1) is 12.5. The van der Waals surface area contributed by atoms with Crippen LogP contribution in [0.15, 0.2) is 18.3 Å². The second kappa shape index (κ2) is 5.16. The molecule has 0 radical (unpaired) electrons. The van der Waals surface area contributed by atoms with Gasteiger partial charge in [0.05, 0.1) is 12.6 Å². The molecule has 0 aliphatic heterocycles. The van der Waals surface area contributed by atoms with Crippen molar-refractivity contribution in [1.82, 2.24) is 14.8 Å². The molecule has 0 fully saturated rings. The Balaban J connectivity index is 2.27. The van der Waals surface area contributed by atoms with E-state index < -0.39 is 5.97 Å². The predicted molar refractivity (Wildman–Crippen MR) is 68.3 cm³/mol. The lowest BCUT2D eigenvalue weighted by Gasteiger charge is -2.06. The van der Waals surface area contributed by atoms with Crippen LogP contribution in [0, 0.1) is 5.92 Å². The number of rotatable bonds is 5. The van der Waals surface area contributed by atoms with E-state index in [9.17, 15) is 4.79 Å². The summed E-state index contributed by atoms with van der Waals surface area (Å²) in [7, 11) is 0. The lowest BCUT2D eigenvalue weighted by molar-refractivity contribution is -0.136. The Hall–Kier alpha value is -1.91. The topological polar surface area (TPSA) is 68.0 Å². The van der Waals surface area contributed by atoms with Crippen LogP contribution in [0.4, 0.5) is 0 Å². The predicted octanol–water partition coefficient (Wildman–Crippen LogP) is 2.10. The minimum absolute atomic E-state index is 0.108. The fourth-order valence-corrected chi connectivity index (χ4v) is 1.85. The SMILES string of the molecule is CC(C)Cn1ncc2ccc(CCC(=O)O)nc21. The van der Waals surface area contributed by atoms with Crippen LogP contribution in [0.1, 0.15) is 26.0 Å². The number of carbonyl (C=O) groups is 1.